The van der Waals surface area contributed by atoms with Crippen LogP contribution in [0.2, 0.25) is 0 Å². The highest BCUT2D eigenvalue weighted by molar-refractivity contribution is 7.98. The Morgan fingerprint density at radius 2 is 1.64 bits per heavy atom. The van der Waals surface area contributed by atoms with Gasteiger partial charge in [-0.3, -0.25) is 9.59 Å². The number of carbonyl (C=O) groups is 2. The molecular weight excluding hydrogens is 336 g/mol. The molecule has 0 aliphatic carbocycles. The SMILES string of the molecule is CSc1ccc(C(=O)C(C)(C)C(=O)/C=C/c2ccc(O)c(O)c2)cc1. The Bertz CT molecular complexity index is 820. The van der Waals surface area contributed by atoms with Crippen molar-refractivity contribution in [2.24, 2.45) is 5.41 Å². The molecule has 0 saturated heterocycles. The zero-order valence-corrected chi connectivity index (χ0v) is 15.1. The van der Waals surface area contributed by atoms with Crippen molar-refractivity contribution in [3.05, 3.63) is 59.7 Å². The number of hydrogen-bond donors (Lipinski definition) is 2. The smallest absolute Gasteiger partial charge is 0.176 e. The number of hydrogen-bond acceptors (Lipinski definition) is 5. The monoisotopic (exact) mass is 356 g/mol. The molecule has 4 nitrogen and oxygen atoms in total. The highest BCUT2D eigenvalue weighted by atomic mass is 32.2. The normalized spacial score (nSPS) is 11.6. The molecule has 0 aromatic heterocycles. The molecular formula is C20H20O4S. The van der Waals surface area contributed by atoms with Crippen molar-refractivity contribution in [1.82, 2.24) is 0 Å². The molecule has 0 aliphatic rings. The number of ketones is 2. The second-order valence-corrected chi connectivity index (χ2v) is 7.01. The molecule has 130 valence electrons. The minimum Gasteiger partial charge on any atom is -0.504 e. The fourth-order valence-corrected chi connectivity index (χ4v) is 2.65. The molecule has 2 rings (SSSR count). The lowest BCUT2D eigenvalue weighted by Gasteiger charge is -2.20. The summed E-state index contributed by atoms with van der Waals surface area (Å²) in [5, 5.41) is 18.8. The Kier molecular flexibility index (Phi) is 5.69. The maximum Gasteiger partial charge on any atom is 0.176 e. The summed E-state index contributed by atoms with van der Waals surface area (Å²) in [6.07, 6.45) is 4.78. The van der Waals surface area contributed by atoms with Gasteiger partial charge in [-0.25, -0.2) is 0 Å². The first-order chi connectivity index (χ1) is 11.8. The van der Waals surface area contributed by atoms with Crippen LogP contribution in [0, 0.1) is 5.41 Å². The van der Waals surface area contributed by atoms with Crippen LogP contribution in [0.5, 0.6) is 11.5 Å². The summed E-state index contributed by atoms with van der Waals surface area (Å²) < 4.78 is 0. The third-order valence-electron chi connectivity index (χ3n) is 3.96. The number of aromatic hydroxyl groups is 2. The number of phenolic OH excluding ortho intramolecular Hbond substituents is 2. The van der Waals surface area contributed by atoms with E-state index in [1.54, 1.807) is 43.8 Å². The Hall–Kier alpha value is -2.53. The first-order valence-corrected chi connectivity index (χ1v) is 8.91. The van der Waals surface area contributed by atoms with Gasteiger partial charge in [-0.2, -0.15) is 0 Å². The molecule has 0 unspecified atom stereocenters. The number of phenols is 2. The van der Waals surface area contributed by atoms with Gasteiger partial charge >= 0.3 is 0 Å². The summed E-state index contributed by atoms with van der Waals surface area (Å²) in [5.41, 5.74) is -0.154. The Balaban J connectivity index is 2.18. The largest absolute Gasteiger partial charge is 0.504 e. The van der Waals surface area contributed by atoms with Crippen LogP contribution in [-0.4, -0.2) is 28.0 Å². The van der Waals surface area contributed by atoms with Gasteiger partial charge in [-0.15, -0.1) is 11.8 Å². The highest BCUT2D eigenvalue weighted by Gasteiger charge is 2.34. The fraction of sp³-hybridized carbons (Fsp3) is 0.200. The van der Waals surface area contributed by atoms with Gasteiger partial charge in [-0.1, -0.05) is 24.3 Å². The molecule has 25 heavy (non-hydrogen) atoms. The van der Waals surface area contributed by atoms with Crippen LogP contribution >= 0.6 is 11.8 Å². The minimum absolute atomic E-state index is 0.229. The van der Waals surface area contributed by atoms with Crippen LogP contribution in [0.4, 0.5) is 0 Å². The standard InChI is InChI=1S/C20H20O4S/c1-20(2,19(24)14-6-8-15(25-3)9-7-14)18(23)11-5-13-4-10-16(21)17(22)12-13/h4-12,21-22H,1-3H3/b11-5+. The molecule has 0 aliphatic heterocycles. The molecule has 0 fully saturated rings. The molecule has 0 amide bonds. The molecule has 0 saturated carbocycles. The summed E-state index contributed by atoms with van der Waals surface area (Å²) >= 11 is 1.58. The van der Waals surface area contributed by atoms with Crippen LogP contribution in [0.3, 0.4) is 0 Å². The quantitative estimate of drug-likeness (QED) is 0.265. The van der Waals surface area contributed by atoms with Gasteiger partial charge in [0, 0.05) is 10.5 Å². The second-order valence-electron chi connectivity index (χ2n) is 6.13. The van der Waals surface area contributed by atoms with Gasteiger partial charge < -0.3 is 10.2 Å². The summed E-state index contributed by atoms with van der Waals surface area (Å²) in [7, 11) is 0. The topological polar surface area (TPSA) is 74.6 Å². The van der Waals surface area contributed by atoms with E-state index >= 15 is 0 Å². The van der Waals surface area contributed by atoms with E-state index in [4.69, 9.17) is 0 Å². The van der Waals surface area contributed by atoms with Crippen LogP contribution in [0.25, 0.3) is 6.08 Å². The van der Waals surface area contributed by atoms with Crippen molar-refractivity contribution in [3.63, 3.8) is 0 Å². The average molecular weight is 356 g/mol. The van der Waals surface area contributed by atoms with Crippen LogP contribution < -0.4 is 0 Å². The van der Waals surface area contributed by atoms with Crippen molar-refractivity contribution >= 4 is 29.4 Å². The van der Waals surface area contributed by atoms with Crippen molar-refractivity contribution < 1.29 is 19.8 Å². The number of Topliss-reactive ketones (excluding diaryl/α,β-unsaturated/α-hetero) is 1. The zero-order chi connectivity index (χ0) is 18.6. The van der Waals surface area contributed by atoms with E-state index in [-0.39, 0.29) is 23.1 Å². The van der Waals surface area contributed by atoms with E-state index in [1.165, 1.54) is 24.3 Å². The number of thioether (sulfide) groups is 1. The van der Waals surface area contributed by atoms with E-state index in [2.05, 4.69) is 0 Å². The molecule has 2 N–H and O–H groups in total. The van der Waals surface area contributed by atoms with Gasteiger partial charge in [0.15, 0.2) is 23.1 Å². The van der Waals surface area contributed by atoms with Gasteiger partial charge in [0.05, 0.1) is 5.41 Å². The maximum absolute atomic E-state index is 12.7. The number of carbonyl (C=O) groups excluding carboxylic acids is 2. The third kappa shape index (κ3) is 4.31. The molecule has 0 heterocycles. The van der Waals surface area contributed by atoms with Crippen LogP contribution in [-0.2, 0) is 4.79 Å². The van der Waals surface area contributed by atoms with E-state index < -0.39 is 5.41 Å². The molecule has 0 radical (unpaired) electrons. The second kappa shape index (κ2) is 7.57. The molecule has 0 bridgehead atoms. The Labute approximate surface area is 151 Å². The van der Waals surface area contributed by atoms with E-state index in [0.717, 1.165) is 4.90 Å². The minimum atomic E-state index is -1.20. The Morgan fingerprint density at radius 1 is 1.00 bits per heavy atom. The number of benzene rings is 2. The molecule has 2 aromatic rings. The predicted molar refractivity (Wildman–Crippen MR) is 100 cm³/mol. The van der Waals surface area contributed by atoms with Crippen molar-refractivity contribution in [2.75, 3.05) is 6.26 Å². The number of rotatable bonds is 6. The van der Waals surface area contributed by atoms with E-state index in [1.807, 2.05) is 18.4 Å². The van der Waals surface area contributed by atoms with E-state index in [0.29, 0.717) is 11.1 Å². The van der Waals surface area contributed by atoms with Crippen molar-refractivity contribution in [1.29, 1.82) is 0 Å². The van der Waals surface area contributed by atoms with E-state index in [9.17, 15) is 19.8 Å². The van der Waals surface area contributed by atoms with Crippen LogP contribution in [0.15, 0.2) is 53.4 Å². The summed E-state index contributed by atoms with van der Waals surface area (Å²) in [4.78, 5) is 26.2. The average Bonchev–Trinajstić information content (AvgIpc) is 2.61. The maximum atomic E-state index is 12.7. The highest BCUT2D eigenvalue weighted by Crippen LogP contribution is 2.27. The van der Waals surface area contributed by atoms with Gasteiger partial charge in [0.25, 0.3) is 0 Å². The lowest BCUT2D eigenvalue weighted by atomic mass is 9.80. The fourth-order valence-electron chi connectivity index (χ4n) is 2.24. The summed E-state index contributed by atoms with van der Waals surface area (Å²) in [6.45, 7) is 3.19. The molecule has 2 aromatic carbocycles. The molecule has 0 spiro atoms. The third-order valence-corrected chi connectivity index (χ3v) is 4.71. The first-order valence-electron chi connectivity index (χ1n) is 7.69. The summed E-state index contributed by atoms with van der Waals surface area (Å²) in [5.74, 6) is -1.08. The lowest BCUT2D eigenvalue weighted by molar-refractivity contribution is -0.120. The zero-order valence-electron chi connectivity index (χ0n) is 14.3. The molecule has 5 heteroatoms. The predicted octanol–water partition coefficient (Wildman–Crippen LogP) is 4.31. The van der Waals surface area contributed by atoms with Crippen molar-refractivity contribution in [3.8, 4) is 11.5 Å². The molecule has 0 atom stereocenters. The summed E-state index contributed by atoms with van der Waals surface area (Å²) in [6, 6.07) is 11.4. The van der Waals surface area contributed by atoms with Gasteiger partial charge in [-0.05, 0) is 56.0 Å². The number of allylic oxidation sites excluding steroid dienone is 1. The Morgan fingerprint density at radius 3 is 2.20 bits per heavy atom. The lowest BCUT2D eigenvalue weighted by Crippen LogP contribution is -2.32. The van der Waals surface area contributed by atoms with Crippen LogP contribution in [0.1, 0.15) is 29.8 Å². The van der Waals surface area contributed by atoms with Gasteiger partial charge in [0.2, 0.25) is 0 Å². The van der Waals surface area contributed by atoms with Crippen molar-refractivity contribution in [2.45, 2.75) is 18.7 Å². The first kappa shape index (κ1) is 18.8. The van der Waals surface area contributed by atoms with Gasteiger partial charge in [0.1, 0.15) is 0 Å².